The molecule has 7 heteroatoms. The van der Waals surface area contributed by atoms with Gasteiger partial charge in [-0.05, 0) is 6.07 Å². The molecule has 7 nitrogen and oxygen atoms in total. The van der Waals surface area contributed by atoms with Crippen molar-refractivity contribution in [1.82, 2.24) is 15.5 Å². The van der Waals surface area contributed by atoms with E-state index in [-0.39, 0.29) is 6.04 Å². The molecular weight excluding hydrogens is 272 g/mol. The van der Waals surface area contributed by atoms with E-state index in [1.54, 1.807) is 7.11 Å². The van der Waals surface area contributed by atoms with Gasteiger partial charge in [-0.1, -0.05) is 23.3 Å². The van der Waals surface area contributed by atoms with E-state index in [2.05, 4.69) is 20.8 Å². The Bertz CT molecular complexity index is 587. The smallest absolute Gasteiger partial charge is 0.316 e. The summed E-state index contributed by atoms with van der Waals surface area (Å²) < 4.78 is 16.1. The number of hydrogen-bond acceptors (Lipinski definition) is 7. The van der Waals surface area contributed by atoms with Crippen molar-refractivity contribution in [2.45, 2.75) is 12.6 Å². The van der Waals surface area contributed by atoms with Crippen LogP contribution in [0.3, 0.4) is 0 Å². The molecule has 1 aromatic heterocycles. The minimum Gasteiger partial charge on any atom is -0.491 e. The third-order valence-electron chi connectivity index (χ3n) is 3.22. The van der Waals surface area contributed by atoms with Gasteiger partial charge in [-0.15, -0.1) is 5.10 Å². The highest BCUT2D eigenvalue weighted by molar-refractivity contribution is 5.43. The van der Waals surface area contributed by atoms with Gasteiger partial charge in [0.25, 0.3) is 0 Å². The van der Waals surface area contributed by atoms with Crippen LogP contribution >= 0.6 is 0 Å². The number of para-hydroxylation sites is 1. The summed E-state index contributed by atoms with van der Waals surface area (Å²) in [4.78, 5) is 0. The van der Waals surface area contributed by atoms with Crippen molar-refractivity contribution in [3.63, 3.8) is 0 Å². The van der Waals surface area contributed by atoms with Crippen LogP contribution in [0.1, 0.15) is 17.5 Å². The Labute approximate surface area is 122 Å². The zero-order valence-corrected chi connectivity index (χ0v) is 11.8. The third-order valence-corrected chi connectivity index (χ3v) is 3.22. The summed E-state index contributed by atoms with van der Waals surface area (Å²) in [7, 11) is 1.66. The average molecular weight is 290 g/mol. The van der Waals surface area contributed by atoms with Crippen LogP contribution in [0.15, 0.2) is 28.7 Å². The van der Waals surface area contributed by atoms with E-state index in [4.69, 9.17) is 13.9 Å². The van der Waals surface area contributed by atoms with E-state index in [0.29, 0.717) is 31.7 Å². The number of benzene rings is 1. The lowest BCUT2D eigenvalue weighted by Crippen LogP contribution is -2.18. The van der Waals surface area contributed by atoms with Crippen LogP contribution in [-0.4, -0.2) is 37.1 Å². The zero-order chi connectivity index (χ0) is 14.5. The molecule has 0 fully saturated rings. The number of ether oxygens (including phenoxy) is 2. The molecule has 1 aliphatic heterocycles. The number of methoxy groups -OCH3 is 1. The molecule has 1 aromatic carbocycles. The highest BCUT2D eigenvalue weighted by Crippen LogP contribution is 2.33. The third kappa shape index (κ3) is 3.32. The Morgan fingerprint density at radius 1 is 1.33 bits per heavy atom. The minimum atomic E-state index is 0.0379. The Kier molecular flexibility index (Phi) is 4.32. The summed E-state index contributed by atoms with van der Waals surface area (Å²) in [5.74, 6) is 1.44. The molecule has 2 N–H and O–H groups in total. The second kappa shape index (κ2) is 6.55. The second-order valence-corrected chi connectivity index (χ2v) is 4.72. The van der Waals surface area contributed by atoms with Crippen molar-refractivity contribution in [1.29, 1.82) is 0 Å². The first kappa shape index (κ1) is 13.8. The van der Waals surface area contributed by atoms with Gasteiger partial charge in [0.2, 0.25) is 5.89 Å². The van der Waals surface area contributed by atoms with Crippen molar-refractivity contribution in [3.05, 3.63) is 35.7 Å². The average Bonchev–Trinajstić information content (AvgIpc) is 3.12. The number of aromatic nitrogens is 2. The summed E-state index contributed by atoms with van der Waals surface area (Å²) in [5, 5.41) is 14.3. The van der Waals surface area contributed by atoms with Crippen molar-refractivity contribution >= 4 is 6.01 Å². The summed E-state index contributed by atoms with van der Waals surface area (Å²) in [6.45, 7) is 2.47. The lowest BCUT2D eigenvalue weighted by atomic mass is 10.1. The summed E-state index contributed by atoms with van der Waals surface area (Å²) in [6, 6.07) is 8.37. The first-order valence-corrected chi connectivity index (χ1v) is 6.87. The molecule has 1 aliphatic rings. The molecule has 2 aromatic rings. The Morgan fingerprint density at radius 2 is 2.24 bits per heavy atom. The van der Waals surface area contributed by atoms with Crippen molar-refractivity contribution in [2.24, 2.45) is 0 Å². The topological polar surface area (TPSA) is 81.4 Å². The van der Waals surface area contributed by atoms with Crippen LogP contribution in [0.4, 0.5) is 6.01 Å². The molecule has 0 saturated carbocycles. The van der Waals surface area contributed by atoms with E-state index < -0.39 is 0 Å². The maximum Gasteiger partial charge on any atom is 0.316 e. The Morgan fingerprint density at radius 3 is 3.14 bits per heavy atom. The number of nitrogens with zero attached hydrogens (tertiary/aromatic N) is 2. The lowest BCUT2D eigenvalue weighted by Gasteiger charge is -2.08. The van der Waals surface area contributed by atoms with Gasteiger partial charge in [0.1, 0.15) is 12.4 Å². The molecule has 0 spiro atoms. The normalized spacial score (nSPS) is 16.5. The van der Waals surface area contributed by atoms with Crippen LogP contribution < -0.4 is 15.4 Å². The number of anilines is 1. The molecule has 2 heterocycles. The van der Waals surface area contributed by atoms with Gasteiger partial charge in [0, 0.05) is 19.2 Å². The van der Waals surface area contributed by atoms with Crippen molar-refractivity contribution in [3.8, 4) is 5.75 Å². The fourth-order valence-corrected chi connectivity index (χ4v) is 2.18. The van der Waals surface area contributed by atoms with E-state index in [0.717, 1.165) is 17.9 Å². The van der Waals surface area contributed by atoms with E-state index >= 15 is 0 Å². The molecule has 0 aliphatic carbocycles. The molecule has 21 heavy (non-hydrogen) atoms. The number of hydrogen-bond donors (Lipinski definition) is 2. The Balaban J connectivity index is 1.56. The summed E-state index contributed by atoms with van der Waals surface area (Å²) in [5.41, 5.74) is 1.11. The SMILES string of the molecule is COCCNCc1nnc(NC2COc3ccccc32)o1. The largest absolute Gasteiger partial charge is 0.491 e. The number of fused-ring (bicyclic) bond motifs is 1. The first-order chi connectivity index (χ1) is 10.4. The van der Waals surface area contributed by atoms with Crippen LogP contribution in [0.25, 0.3) is 0 Å². The van der Waals surface area contributed by atoms with Gasteiger partial charge < -0.3 is 24.5 Å². The first-order valence-electron chi connectivity index (χ1n) is 6.87. The van der Waals surface area contributed by atoms with Crippen LogP contribution in [0, 0.1) is 0 Å². The predicted molar refractivity (Wildman–Crippen MR) is 76.2 cm³/mol. The van der Waals surface area contributed by atoms with Crippen LogP contribution in [-0.2, 0) is 11.3 Å². The molecular formula is C14H18N4O3. The highest BCUT2D eigenvalue weighted by atomic mass is 16.5. The van der Waals surface area contributed by atoms with Gasteiger partial charge in [0.15, 0.2) is 0 Å². The van der Waals surface area contributed by atoms with Gasteiger partial charge >= 0.3 is 6.01 Å². The van der Waals surface area contributed by atoms with Crippen LogP contribution in [0.5, 0.6) is 5.75 Å². The zero-order valence-electron chi connectivity index (χ0n) is 11.8. The Hall–Kier alpha value is -2.12. The van der Waals surface area contributed by atoms with Crippen LogP contribution in [0.2, 0.25) is 0 Å². The van der Waals surface area contributed by atoms with Gasteiger partial charge in [-0.2, -0.15) is 0 Å². The standard InChI is InChI=1S/C14H18N4O3/c1-19-7-6-15-8-13-17-18-14(21-13)16-11-9-20-12-5-3-2-4-10(11)12/h2-5,11,15H,6-9H2,1H3,(H,16,18). The maximum absolute atomic E-state index is 5.60. The monoisotopic (exact) mass is 290 g/mol. The van der Waals surface area contributed by atoms with Crippen molar-refractivity contribution < 1.29 is 13.9 Å². The predicted octanol–water partition coefficient (Wildman–Crippen LogP) is 1.35. The fraction of sp³-hybridized carbons (Fsp3) is 0.429. The number of rotatable bonds is 7. The molecule has 0 radical (unpaired) electrons. The summed E-state index contributed by atoms with van der Waals surface area (Å²) >= 11 is 0. The second-order valence-electron chi connectivity index (χ2n) is 4.72. The number of nitrogens with one attached hydrogen (secondary N) is 2. The van der Waals surface area contributed by atoms with Gasteiger partial charge in [-0.25, -0.2) is 0 Å². The lowest BCUT2D eigenvalue weighted by molar-refractivity contribution is 0.198. The minimum absolute atomic E-state index is 0.0379. The molecule has 0 amide bonds. The van der Waals surface area contributed by atoms with Gasteiger partial charge in [0.05, 0.1) is 19.2 Å². The van der Waals surface area contributed by atoms with Crippen molar-refractivity contribution in [2.75, 3.05) is 32.2 Å². The summed E-state index contributed by atoms with van der Waals surface area (Å²) in [6.07, 6.45) is 0. The maximum atomic E-state index is 5.60. The molecule has 1 unspecified atom stereocenters. The fourth-order valence-electron chi connectivity index (χ4n) is 2.18. The molecule has 1 atom stereocenters. The highest BCUT2D eigenvalue weighted by Gasteiger charge is 2.24. The molecule has 0 saturated heterocycles. The molecule has 3 rings (SSSR count). The van der Waals surface area contributed by atoms with Gasteiger partial charge in [-0.3, -0.25) is 0 Å². The quantitative estimate of drug-likeness (QED) is 0.745. The van der Waals surface area contributed by atoms with E-state index in [1.807, 2.05) is 24.3 Å². The molecule has 112 valence electrons. The van der Waals surface area contributed by atoms with E-state index in [9.17, 15) is 0 Å². The molecule has 0 bridgehead atoms. The van der Waals surface area contributed by atoms with E-state index in [1.165, 1.54) is 0 Å².